The van der Waals surface area contributed by atoms with Crippen LogP contribution in [-0.2, 0) is 11.3 Å². The van der Waals surface area contributed by atoms with E-state index in [2.05, 4.69) is 16.0 Å². The zero-order chi connectivity index (χ0) is 21.0. The molecule has 2 aromatic carbocycles. The van der Waals surface area contributed by atoms with Crippen molar-refractivity contribution in [3.05, 3.63) is 53.1 Å². The Morgan fingerprint density at radius 2 is 1.70 bits per heavy atom. The maximum absolute atomic E-state index is 13.1. The number of benzene rings is 2. The summed E-state index contributed by atoms with van der Waals surface area (Å²) in [6, 6.07) is 12.0. The fourth-order valence-corrected chi connectivity index (χ4v) is 4.01. The van der Waals surface area contributed by atoms with Gasteiger partial charge in [-0.1, -0.05) is 36.9 Å². The predicted molar refractivity (Wildman–Crippen MR) is 114 cm³/mol. The molecule has 2 aliphatic rings. The predicted octanol–water partition coefficient (Wildman–Crippen LogP) is 4.21. The first-order chi connectivity index (χ1) is 14.5. The monoisotopic (exact) mass is 429 g/mol. The molecule has 4 rings (SSSR count). The summed E-state index contributed by atoms with van der Waals surface area (Å²) in [5, 5.41) is 9.28. The molecule has 7 nitrogen and oxygen atoms in total. The van der Waals surface area contributed by atoms with Gasteiger partial charge in [0.25, 0.3) is 0 Å². The molecule has 30 heavy (non-hydrogen) atoms. The van der Waals surface area contributed by atoms with Crippen LogP contribution in [0.15, 0.2) is 42.5 Å². The lowest BCUT2D eigenvalue weighted by Crippen LogP contribution is -2.60. The summed E-state index contributed by atoms with van der Waals surface area (Å²) in [5.74, 6) is 1.20. The summed E-state index contributed by atoms with van der Waals surface area (Å²) < 4.78 is 10.7. The van der Waals surface area contributed by atoms with Crippen LogP contribution >= 0.6 is 11.6 Å². The standard InChI is InChI=1S/C22H24ClN3O4/c23-16-5-7-17(8-6-16)25-21(28)26-22(10-2-1-3-11-22)20(27)24-13-15-4-9-18-19(12-15)30-14-29-18/h4-9,12H,1-3,10-11,13-14H2,(H,24,27)(H2,25,26,28). The summed E-state index contributed by atoms with van der Waals surface area (Å²) in [4.78, 5) is 25.7. The first-order valence-electron chi connectivity index (χ1n) is 10.1. The number of ether oxygens (including phenoxy) is 2. The van der Waals surface area contributed by atoms with Crippen LogP contribution in [0.2, 0.25) is 5.02 Å². The van der Waals surface area contributed by atoms with E-state index in [0.717, 1.165) is 24.8 Å². The number of hydrogen-bond donors (Lipinski definition) is 3. The largest absolute Gasteiger partial charge is 0.454 e. The normalized spacial score (nSPS) is 16.6. The summed E-state index contributed by atoms with van der Waals surface area (Å²) in [6.45, 7) is 0.554. The van der Waals surface area contributed by atoms with Gasteiger partial charge in [0.05, 0.1) is 0 Å². The zero-order valence-corrected chi connectivity index (χ0v) is 17.3. The number of anilines is 1. The Labute approximate surface area is 180 Å². The van der Waals surface area contributed by atoms with Crippen molar-refractivity contribution in [3.63, 3.8) is 0 Å². The molecule has 0 unspecified atom stereocenters. The number of halogens is 1. The Morgan fingerprint density at radius 3 is 2.47 bits per heavy atom. The minimum absolute atomic E-state index is 0.175. The lowest BCUT2D eigenvalue weighted by molar-refractivity contribution is -0.128. The molecule has 0 saturated heterocycles. The van der Waals surface area contributed by atoms with Crippen molar-refractivity contribution >= 4 is 29.2 Å². The van der Waals surface area contributed by atoms with E-state index in [9.17, 15) is 9.59 Å². The summed E-state index contributed by atoms with van der Waals surface area (Å²) in [5.41, 5.74) is 0.596. The van der Waals surface area contributed by atoms with Gasteiger partial charge >= 0.3 is 6.03 Å². The lowest BCUT2D eigenvalue weighted by atomic mass is 9.81. The second-order valence-electron chi connectivity index (χ2n) is 7.60. The van der Waals surface area contributed by atoms with Crippen LogP contribution in [0.25, 0.3) is 0 Å². The van der Waals surface area contributed by atoms with E-state index in [4.69, 9.17) is 21.1 Å². The van der Waals surface area contributed by atoms with E-state index in [-0.39, 0.29) is 12.7 Å². The molecule has 3 N–H and O–H groups in total. The Morgan fingerprint density at radius 1 is 0.967 bits per heavy atom. The number of carbonyl (C=O) groups is 2. The Bertz CT molecular complexity index is 926. The van der Waals surface area contributed by atoms with Gasteiger partial charge in [0.2, 0.25) is 12.7 Å². The van der Waals surface area contributed by atoms with Crippen LogP contribution in [0.3, 0.4) is 0 Å². The number of hydrogen-bond acceptors (Lipinski definition) is 4. The average molecular weight is 430 g/mol. The summed E-state index contributed by atoms with van der Waals surface area (Å²) >= 11 is 5.89. The van der Waals surface area contributed by atoms with Gasteiger partial charge in [0.15, 0.2) is 11.5 Å². The highest BCUT2D eigenvalue weighted by Crippen LogP contribution is 2.33. The van der Waals surface area contributed by atoms with Gasteiger partial charge in [-0.3, -0.25) is 4.79 Å². The van der Waals surface area contributed by atoms with Crippen molar-refractivity contribution in [3.8, 4) is 11.5 Å². The van der Waals surface area contributed by atoms with Crippen molar-refractivity contribution in [2.45, 2.75) is 44.2 Å². The fourth-order valence-electron chi connectivity index (χ4n) is 3.88. The zero-order valence-electron chi connectivity index (χ0n) is 16.5. The Balaban J connectivity index is 1.40. The van der Waals surface area contributed by atoms with Gasteiger partial charge in [-0.2, -0.15) is 0 Å². The quantitative estimate of drug-likeness (QED) is 0.664. The molecule has 1 saturated carbocycles. The van der Waals surface area contributed by atoms with Crippen LogP contribution in [0.1, 0.15) is 37.7 Å². The number of urea groups is 1. The minimum atomic E-state index is -0.925. The molecule has 1 fully saturated rings. The maximum Gasteiger partial charge on any atom is 0.320 e. The molecule has 2 aromatic rings. The molecular weight excluding hydrogens is 406 g/mol. The third-order valence-electron chi connectivity index (χ3n) is 5.49. The molecule has 1 heterocycles. The van der Waals surface area contributed by atoms with E-state index in [1.165, 1.54) is 0 Å². The van der Waals surface area contributed by atoms with Gasteiger partial charge in [-0.15, -0.1) is 0 Å². The van der Waals surface area contributed by atoms with Crippen molar-refractivity contribution in [1.82, 2.24) is 10.6 Å². The van der Waals surface area contributed by atoms with E-state index < -0.39 is 11.6 Å². The van der Waals surface area contributed by atoms with Gasteiger partial charge in [-0.25, -0.2) is 4.79 Å². The third kappa shape index (κ3) is 4.62. The third-order valence-corrected chi connectivity index (χ3v) is 5.74. The molecular formula is C22H24ClN3O4. The molecule has 0 bridgehead atoms. The van der Waals surface area contributed by atoms with Crippen LogP contribution in [0, 0.1) is 0 Å². The van der Waals surface area contributed by atoms with Crippen molar-refractivity contribution in [2.75, 3.05) is 12.1 Å². The lowest BCUT2D eigenvalue weighted by Gasteiger charge is -2.36. The van der Waals surface area contributed by atoms with E-state index in [1.54, 1.807) is 24.3 Å². The van der Waals surface area contributed by atoms with E-state index >= 15 is 0 Å². The van der Waals surface area contributed by atoms with E-state index in [0.29, 0.717) is 41.6 Å². The number of amides is 3. The molecule has 3 amide bonds. The maximum atomic E-state index is 13.1. The van der Waals surface area contributed by atoms with Gasteiger partial charge in [-0.05, 0) is 54.8 Å². The highest BCUT2D eigenvalue weighted by atomic mass is 35.5. The topological polar surface area (TPSA) is 88.7 Å². The second kappa shape index (κ2) is 8.83. The molecule has 0 radical (unpaired) electrons. The van der Waals surface area contributed by atoms with Crippen molar-refractivity contribution in [1.29, 1.82) is 0 Å². The SMILES string of the molecule is O=C(Nc1ccc(Cl)cc1)NC1(C(=O)NCc2ccc3c(c2)OCO3)CCCCC1. The number of carbonyl (C=O) groups excluding carboxylic acids is 2. The molecule has 158 valence electrons. The second-order valence-corrected chi connectivity index (χ2v) is 8.04. The van der Waals surface area contributed by atoms with Crippen molar-refractivity contribution < 1.29 is 19.1 Å². The van der Waals surface area contributed by atoms with Gasteiger partial charge < -0.3 is 25.4 Å². The first-order valence-corrected chi connectivity index (χ1v) is 10.4. The first kappa shape index (κ1) is 20.3. The molecule has 1 aliphatic carbocycles. The fraction of sp³-hybridized carbons (Fsp3) is 0.364. The molecule has 0 spiro atoms. The Kier molecular flexibility index (Phi) is 5.99. The highest BCUT2D eigenvalue weighted by Gasteiger charge is 2.40. The summed E-state index contributed by atoms with van der Waals surface area (Å²) in [7, 11) is 0. The van der Waals surface area contributed by atoms with Gasteiger partial charge in [0, 0.05) is 17.3 Å². The van der Waals surface area contributed by atoms with E-state index in [1.807, 2.05) is 18.2 Å². The smallest absolute Gasteiger partial charge is 0.320 e. The summed E-state index contributed by atoms with van der Waals surface area (Å²) in [6.07, 6.45) is 4.04. The van der Waals surface area contributed by atoms with Crippen LogP contribution in [0.4, 0.5) is 10.5 Å². The minimum Gasteiger partial charge on any atom is -0.454 e. The average Bonchev–Trinajstić information content (AvgIpc) is 3.22. The van der Waals surface area contributed by atoms with Crippen LogP contribution in [0.5, 0.6) is 11.5 Å². The van der Waals surface area contributed by atoms with Crippen LogP contribution < -0.4 is 25.4 Å². The number of nitrogens with one attached hydrogen (secondary N) is 3. The van der Waals surface area contributed by atoms with Crippen molar-refractivity contribution in [2.24, 2.45) is 0 Å². The molecule has 8 heteroatoms. The number of fused-ring (bicyclic) bond motifs is 1. The van der Waals surface area contributed by atoms with Crippen LogP contribution in [-0.4, -0.2) is 24.3 Å². The van der Waals surface area contributed by atoms with Gasteiger partial charge in [0.1, 0.15) is 5.54 Å². The molecule has 0 atom stereocenters. The number of rotatable bonds is 5. The molecule has 1 aliphatic heterocycles. The molecule has 0 aromatic heterocycles. The highest BCUT2D eigenvalue weighted by molar-refractivity contribution is 6.30. The Hall–Kier alpha value is -2.93.